The lowest BCUT2D eigenvalue weighted by Gasteiger charge is -2.08. The van der Waals surface area contributed by atoms with Gasteiger partial charge in [-0.2, -0.15) is 5.10 Å². The van der Waals surface area contributed by atoms with Crippen LogP contribution in [0.25, 0.3) is 5.69 Å². The average Bonchev–Trinajstić information content (AvgIpc) is 3.12. The van der Waals surface area contributed by atoms with Crippen LogP contribution in [0.5, 0.6) is 0 Å². The van der Waals surface area contributed by atoms with Gasteiger partial charge in [-0.15, -0.1) is 0 Å². The maximum Gasteiger partial charge on any atom is 0.339 e. The van der Waals surface area contributed by atoms with Gasteiger partial charge in [-0.1, -0.05) is 24.3 Å². The number of nitrogens with zero attached hydrogens (tertiary/aromatic N) is 2. The maximum atomic E-state index is 13.8. The zero-order valence-electron chi connectivity index (χ0n) is 13.3. The fourth-order valence-electron chi connectivity index (χ4n) is 2.28. The molecular formula is C18H14FN3O3. The van der Waals surface area contributed by atoms with Crippen molar-refractivity contribution in [3.63, 3.8) is 0 Å². The number of esters is 1. The number of ether oxygens (including phenoxy) is 1. The maximum absolute atomic E-state index is 13.8. The molecule has 7 heteroatoms. The number of methoxy groups -OCH3 is 1. The quantitative estimate of drug-likeness (QED) is 0.742. The van der Waals surface area contributed by atoms with Crippen LogP contribution < -0.4 is 5.32 Å². The molecule has 2 aromatic carbocycles. The van der Waals surface area contributed by atoms with Crippen LogP contribution in [0, 0.1) is 5.82 Å². The molecule has 0 saturated carbocycles. The number of carbonyl (C=O) groups excluding carboxylic acids is 2. The molecule has 1 N–H and O–H groups in total. The van der Waals surface area contributed by atoms with Crippen LogP contribution in [-0.4, -0.2) is 28.8 Å². The topological polar surface area (TPSA) is 73.2 Å². The van der Waals surface area contributed by atoms with Gasteiger partial charge in [0.1, 0.15) is 11.5 Å². The molecule has 3 rings (SSSR count). The first-order valence-electron chi connectivity index (χ1n) is 7.39. The first-order chi connectivity index (χ1) is 12.1. The second kappa shape index (κ2) is 6.96. The summed E-state index contributed by atoms with van der Waals surface area (Å²) in [7, 11) is 1.26. The lowest BCUT2D eigenvalue weighted by molar-refractivity contribution is 0.0602. The molecule has 1 aromatic heterocycles. The fourth-order valence-corrected chi connectivity index (χ4v) is 2.28. The molecule has 0 aliphatic heterocycles. The van der Waals surface area contributed by atoms with Crippen LogP contribution in [0.4, 0.5) is 10.1 Å². The van der Waals surface area contributed by atoms with E-state index in [1.807, 2.05) is 0 Å². The fraction of sp³-hybridized carbons (Fsp3) is 0.0556. The number of benzene rings is 2. The summed E-state index contributed by atoms with van der Waals surface area (Å²) in [5, 5.41) is 6.69. The third kappa shape index (κ3) is 3.40. The molecule has 0 unspecified atom stereocenters. The van der Waals surface area contributed by atoms with Gasteiger partial charge in [0.05, 0.1) is 18.4 Å². The third-order valence-corrected chi connectivity index (χ3v) is 3.50. The molecular weight excluding hydrogens is 325 g/mol. The lowest BCUT2D eigenvalue weighted by Crippen LogP contribution is -2.16. The highest BCUT2D eigenvalue weighted by Gasteiger charge is 2.16. The predicted molar refractivity (Wildman–Crippen MR) is 89.3 cm³/mol. The minimum absolute atomic E-state index is 0.0860. The largest absolute Gasteiger partial charge is 0.465 e. The Labute approximate surface area is 142 Å². The number of carbonyl (C=O) groups is 2. The smallest absolute Gasteiger partial charge is 0.339 e. The summed E-state index contributed by atoms with van der Waals surface area (Å²) in [6.07, 6.45) is 1.49. The van der Waals surface area contributed by atoms with E-state index in [0.29, 0.717) is 5.69 Å². The Hall–Kier alpha value is -3.48. The Morgan fingerprint density at radius 3 is 2.56 bits per heavy atom. The van der Waals surface area contributed by atoms with Gasteiger partial charge >= 0.3 is 5.97 Å². The summed E-state index contributed by atoms with van der Waals surface area (Å²) >= 11 is 0. The molecule has 0 fully saturated rings. The minimum atomic E-state index is -0.562. The van der Waals surface area contributed by atoms with Crippen molar-refractivity contribution in [3.8, 4) is 5.69 Å². The second-order valence-corrected chi connectivity index (χ2v) is 5.09. The number of nitrogens with one attached hydrogen (secondary N) is 1. The van der Waals surface area contributed by atoms with Crippen LogP contribution in [0.2, 0.25) is 0 Å². The van der Waals surface area contributed by atoms with E-state index >= 15 is 0 Å². The summed E-state index contributed by atoms with van der Waals surface area (Å²) in [6, 6.07) is 14.0. The van der Waals surface area contributed by atoms with Crippen molar-refractivity contribution in [1.29, 1.82) is 0 Å². The van der Waals surface area contributed by atoms with E-state index in [1.54, 1.807) is 42.5 Å². The highest BCUT2D eigenvalue weighted by atomic mass is 19.1. The highest BCUT2D eigenvalue weighted by molar-refractivity contribution is 6.07. The summed E-state index contributed by atoms with van der Waals surface area (Å²) in [6.45, 7) is 0. The van der Waals surface area contributed by atoms with Gasteiger partial charge in [-0.05, 0) is 30.3 Å². The third-order valence-electron chi connectivity index (χ3n) is 3.50. The van der Waals surface area contributed by atoms with Gasteiger partial charge in [0, 0.05) is 6.20 Å². The molecule has 6 nitrogen and oxygen atoms in total. The van der Waals surface area contributed by atoms with Crippen molar-refractivity contribution in [2.24, 2.45) is 0 Å². The van der Waals surface area contributed by atoms with E-state index in [9.17, 15) is 14.0 Å². The normalized spacial score (nSPS) is 10.3. The average molecular weight is 339 g/mol. The van der Waals surface area contributed by atoms with Crippen LogP contribution in [0.1, 0.15) is 20.8 Å². The molecule has 0 spiro atoms. The van der Waals surface area contributed by atoms with E-state index in [4.69, 9.17) is 0 Å². The SMILES string of the molecule is COC(=O)c1ccccc1NC(=O)c1ccn(-c2ccccc2F)n1. The van der Waals surface area contributed by atoms with E-state index in [2.05, 4.69) is 15.2 Å². The zero-order chi connectivity index (χ0) is 17.8. The molecule has 3 aromatic rings. The van der Waals surface area contributed by atoms with E-state index < -0.39 is 17.7 Å². The Bertz CT molecular complexity index is 937. The van der Waals surface area contributed by atoms with E-state index in [-0.39, 0.29) is 16.9 Å². The Kier molecular flexibility index (Phi) is 4.56. The molecule has 0 saturated heterocycles. The standard InChI is InChI=1S/C18H14FN3O3/c1-25-18(24)12-6-2-4-8-14(12)20-17(23)15-10-11-22(21-15)16-9-5-3-7-13(16)19/h2-11H,1H3,(H,20,23). The van der Waals surface area contributed by atoms with Crippen LogP contribution in [0.15, 0.2) is 60.8 Å². The number of amides is 1. The van der Waals surface area contributed by atoms with Crippen molar-refractivity contribution >= 4 is 17.6 Å². The molecule has 25 heavy (non-hydrogen) atoms. The number of rotatable bonds is 4. The first-order valence-corrected chi connectivity index (χ1v) is 7.39. The van der Waals surface area contributed by atoms with Crippen LogP contribution in [-0.2, 0) is 4.74 Å². The Morgan fingerprint density at radius 2 is 1.80 bits per heavy atom. The number of aromatic nitrogens is 2. The van der Waals surface area contributed by atoms with Gasteiger partial charge in [0.2, 0.25) is 0 Å². The second-order valence-electron chi connectivity index (χ2n) is 5.09. The number of hydrogen-bond donors (Lipinski definition) is 1. The Morgan fingerprint density at radius 1 is 1.08 bits per heavy atom. The summed E-state index contributed by atoms with van der Waals surface area (Å²) in [5.41, 5.74) is 0.853. The molecule has 1 amide bonds. The molecule has 126 valence electrons. The van der Waals surface area contributed by atoms with E-state index in [1.165, 1.54) is 30.1 Å². The Balaban J connectivity index is 1.84. The van der Waals surface area contributed by atoms with Gasteiger partial charge in [0.15, 0.2) is 5.69 Å². The van der Waals surface area contributed by atoms with E-state index in [0.717, 1.165) is 0 Å². The summed E-state index contributed by atoms with van der Waals surface area (Å²) in [5.74, 6) is -1.53. The molecule has 0 atom stereocenters. The predicted octanol–water partition coefficient (Wildman–Crippen LogP) is 3.05. The first kappa shape index (κ1) is 16.4. The lowest BCUT2D eigenvalue weighted by atomic mass is 10.1. The minimum Gasteiger partial charge on any atom is -0.465 e. The van der Waals surface area contributed by atoms with Gasteiger partial charge < -0.3 is 10.1 Å². The number of anilines is 1. The van der Waals surface area contributed by atoms with Gasteiger partial charge in [-0.3, -0.25) is 4.79 Å². The van der Waals surface area contributed by atoms with Crippen molar-refractivity contribution in [1.82, 2.24) is 9.78 Å². The summed E-state index contributed by atoms with van der Waals surface area (Å²) < 4.78 is 19.8. The van der Waals surface area contributed by atoms with Crippen molar-refractivity contribution in [3.05, 3.63) is 77.9 Å². The van der Waals surface area contributed by atoms with Crippen molar-refractivity contribution in [2.45, 2.75) is 0 Å². The molecule has 0 bridgehead atoms. The zero-order valence-corrected chi connectivity index (χ0v) is 13.3. The van der Waals surface area contributed by atoms with Gasteiger partial charge in [0.25, 0.3) is 5.91 Å². The monoisotopic (exact) mass is 339 g/mol. The molecule has 0 aliphatic rings. The highest BCUT2D eigenvalue weighted by Crippen LogP contribution is 2.17. The van der Waals surface area contributed by atoms with Crippen LogP contribution >= 0.6 is 0 Å². The van der Waals surface area contributed by atoms with Crippen molar-refractivity contribution < 1.29 is 18.7 Å². The summed E-state index contributed by atoms with van der Waals surface area (Å²) in [4.78, 5) is 24.1. The van der Waals surface area contributed by atoms with Crippen molar-refractivity contribution in [2.75, 3.05) is 12.4 Å². The van der Waals surface area contributed by atoms with Gasteiger partial charge in [-0.25, -0.2) is 13.9 Å². The number of halogens is 1. The molecule has 1 heterocycles. The number of para-hydroxylation sites is 2. The molecule has 0 aliphatic carbocycles. The van der Waals surface area contributed by atoms with Crippen LogP contribution in [0.3, 0.4) is 0 Å². The number of hydrogen-bond acceptors (Lipinski definition) is 4. The molecule has 0 radical (unpaired) electrons.